The van der Waals surface area contributed by atoms with Gasteiger partial charge in [0.2, 0.25) is 0 Å². The number of rotatable bonds is 4. The van der Waals surface area contributed by atoms with Crippen molar-refractivity contribution >= 4 is 29.1 Å². The first-order valence-corrected chi connectivity index (χ1v) is 6.84. The third kappa shape index (κ3) is 2.66. The molecule has 1 amide bonds. The highest BCUT2D eigenvalue weighted by Gasteiger charge is 2.21. The molecule has 0 saturated carbocycles. The van der Waals surface area contributed by atoms with E-state index in [9.17, 15) is 4.79 Å². The zero-order chi connectivity index (χ0) is 14.9. The van der Waals surface area contributed by atoms with Crippen LogP contribution < -0.4 is 0 Å². The highest BCUT2D eigenvalue weighted by Crippen LogP contribution is 2.20. The number of carbonyl (C=O) groups excluding carboxylic acids is 1. The van der Waals surface area contributed by atoms with Gasteiger partial charge in [0.25, 0.3) is 5.91 Å². The van der Waals surface area contributed by atoms with E-state index in [0.717, 1.165) is 5.69 Å². The second kappa shape index (κ2) is 5.85. The molecular formula is C12H15Cl2N5O. The van der Waals surface area contributed by atoms with E-state index in [1.165, 1.54) is 15.8 Å². The fourth-order valence-electron chi connectivity index (χ4n) is 1.95. The molecule has 108 valence electrons. The van der Waals surface area contributed by atoms with Crippen LogP contribution in [0.2, 0.25) is 10.0 Å². The lowest BCUT2D eigenvalue weighted by molar-refractivity contribution is 0.0771. The van der Waals surface area contributed by atoms with Crippen LogP contribution in [0.3, 0.4) is 0 Å². The van der Waals surface area contributed by atoms with Crippen LogP contribution in [0.25, 0.3) is 0 Å². The summed E-state index contributed by atoms with van der Waals surface area (Å²) in [6.07, 6.45) is 3.03. The first-order valence-electron chi connectivity index (χ1n) is 6.08. The third-order valence-electron chi connectivity index (χ3n) is 3.03. The fourth-order valence-corrected chi connectivity index (χ4v) is 2.39. The average Bonchev–Trinajstić information content (AvgIpc) is 2.93. The maximum Gasteiger partial charge on any atom is 0.273 e. The van der Waals surface area contributed by atoms with E-state index in [1.807, 2.05) is 6.92 Å². The van der Waals surface area contributed by atoms with Crippen molar-refractivity contribution in [2.75, 3.05) is 7.05 Å². The van der Waals surface area contributed by atoms with E-state index in [2.05, 4.69) is 10.2 Å². The van der Waals surface area contributed by atoms with Crippen molar-refractivity contribution in [2.24, 2.45) is 7.05 Å². The first kappa shape index (κ1) is 14.9. The van der Waals surface area contributed by atoms with Gasteiger partial charge in [0.15, 0.2) is 0 Å². The third-order valence-corrected chi connectivity index (χ3v) is 3.62. The Bertz CT molecular complexity index is 614. The molecule has 0 radical (unpaired) electrons. The number of halogens is 2. The SMILES string of the molecule is CCn1ncc(Cl)c1CN(C)C(=O)c1c(Cl)cnn1C. The lowest BCUT2D eigenvalue weighted by Gasteiger charge is -2.18. The first-order chi connectivity index (χ1) is 9.45. The van der Waals surface area contributed by atoms with Gasteiger partial charge in [-0.15, -0.1) is 0 Å². The molecule has 0 aromatic carbocycles. The minimum absolute atomic E-state index is 0.213. The Morgan fingerprint density at radius 1 is 1.30 bits per heavy atom. The van der Waals surface area contributed by atoms with Gasteiger partial charge in [0, 0.05) is 20.6 Å². The van der Waals surface area contributed by atoms with Gasteiger partial charge in [0.1, 0.15) is 5.69 Å². The van der Waals surface area contributed by atoms with Crippen LogP contribution in [-0.2, 0) is 20.1 Å². The van der Waals surface area contributed by atoms with Gasteiger partial charge in [-0.2, -0.15) is 10.2 Å². The van der Waals surface area contributed by atoms with Gasteiger partial charge in [-0.3, -0.25) is 14.2 Å². The average molecular weight is 316 g/mol. The molecule has 2 heterocycles. The summed E-state index contributed by atoms with van der Waals surface area (Å²) in [5, 5.41) is 8.99. The molecule has 0 saturated heterocycles. The standard InChI is InChI=1S/C12H15Cl2N5O/c1-4-19-10(8(13)5-16-19)7-17(2)12(20)11-9(14)6-15-18(11)3/h5-6H,4,7H2,1-3H3. The second-order valence-electron chi connectivity index (χ2n) is 4.38. The normalized spacial score (nSPS) is 10.8. The molecule has 0 aliphatic carbocycles. The summed E-state index contributed by atoms with van der Waals surface area (Å²) in [6.45, 7) is 3.01. The molecule has 20 heavy (non-hydrogen) atoms. The molecule has 0 atom stereocenters. The minimum atomic E-state index is -0.213. The predicted octanol–water partition coefficient (Wildman–Crippen LogP) is 2.22. The monoisotopic (exact) mass is 315 g/mol. The number of aryl methyl sites for hydroxylation is 2. The number of nitrogens with zero attached hydrogens (tertiary/aromatic N) is 5. The van der Waals surface area contributed by atoms with Gasteiger partial charge < -0.3 is 4.90 Å². The zero-order valence-electron chi connectivity index (χ0n) is 11.5. The molecule has 0 aliphatic heterocycles. The molecule has 0 N–H and O–H groups in total. The highest BCUT2D eigenvalue weighted by atomic mass is 35.5. The molecule has 2 aromatic heterocycles. The van der Waals surface area contributed by atoms with Crippen molar-refractivity contribution < 1.29 is 4.79 Å². The van der Waals surface area contributed by atoms with E-state index in [0.29, 0.717) is 28.8 Å². The summed E-state index contributed by atoms with van der Waals surface area (Å²) in [6, 6.07) is 0. The summed E-state index contributed by atoms with van der Waals surface area (Å²) in [5.74, 6) is -0.213. The smallest absolute Gasteiger partial charge is 0.273 e. The summed E-state index contributed by atoms with van der Waals surface area (Å²) in [5.41, 5.74) is 1.15. The van der Waals surface area contributed by atoms with E-state index < -0.39 is 0 Å². The number of hydrogen-bond donors (Lipinski definition) is 0. The van der Waals surface area contributed by atoms with Crippen molar-refractivity contribution in [2.45, 2.75) is 20.0 Å². The highest BCUT2D eigenvalue weighted by molar-refractivity contribution is 6.33. The summed E-state index contributed by atoms with van der Waals surface area (Å²) >= 11 is 12.1. The lowest BCUT2D eigenvalue weighted by atomic mass is 10.3. The van der Waals surface area contributed by atoms with Crippen LogP contribution >= 0.6 is 23.2 Å². The van der Waals surface area contributed by atoms with Gasteiger partial charge in [-0.05, 0) is 6.92 Å². The molecule has 0 aliphatic rings. The van der Waals surface area contributed by atoms with Crippen molar-refractivity contribution in [3.8, 4) is 0 Å². The molecule has 6 nitrogen and oxygen atoms in total. The predicted molar refractivity (Wildman–Crippen MR) is 76.9 cm³/mol. The van der Waals surface area contributed by atoms with Crippen molar-refractivity contribution in [3.63, 3.8) is 0 Å². The summed E-state index contributed by atoms with van der Waals surface area (Å²) in [4.78, 5) is 13.9. The van der Waals surface area contributed by atoms with Crippen LogP contribution in [-0.4, -0.2) is 37.4 Å². The van der Waals surface area contributed by atoms with Crippen molar-refractivity contribution in [3.05, 3.63) is 33.8 Å². The van der Waals surface area contributed by atoms with Crippen LogP contribution in [0, 0.1) is 0 Å². The Morgan fingerprint density at radius 3 is 2.50 bits per heavy atom. The van der Waals surface area contributed by atoms with E-state index in [-0.39, 0.29) is 5.91 Å². The van der Waals surface area contributed by atoms with Gasteiger partial charge in [0.05, 0.1) is 34.7 Å². The lowest BCUT2D eigenvalue weighted by Crippen LogP contribution is -2.29. The molecule has 2 rings (SSSR count). The van der Waals surface area contributed by atoms with E-state index in [1.54, 1.807) is 25.0 Å². The van der Waals surface area contributed by atoms with Crippen molar-refractivity contribution in [1.82, 2.24) is 24.5 Å². The maximum absolute atomic E-state index is 12.4. The quantitative estimate of drug-likeness (QED) is 0.869. The number of aromatic nitrogens is 4. The van der Waals surface area contributed by atoms with Gasteiger partial charge >= 0.3 is 0 Å². The van der Waals surface area contributed by atoms with Crippen LogP contribution in [0.5, 0.6) is 0 Å². The van der Waals surface area contributed by atoms with Gasteiger partial charge in [-0.25, -0.2) is 0 Å². The largest absolute Gasteiger partial charge is 0.334 e. The second-order valence-corrected chi connectivity index (χ2v) is 5.20. The van der Waals surface area contributed by atoms with Gasteiger partial charge in [-0.1, -0.05) is 23.2 Å². The maximum atomic E-state index is 12.4. The molecule has 0 spiro atoms. The molecule has 0 fully saturated rings. The Labute approximate surface area is 126 Å². The molecule has 2 aromatic rings. The number of carbonyl (C=O) groups is 1. The Morgan fingerprint density at radius 2 is 1.95 bits per heavy atom. The van der Waals surface area contributed by atoms with Crippen LogP contribution in [0.15, 0.2) is 12.4 Å². The summed E-state index contributed by atoms with van der Waals surface area (Å²) < 4.78 is 3.22. The molecule has 8 heteroatoms. The van der Waals surface area contributed by atoms with Crippen LogP contribution in [0.4, 0.5) is 0 Å². The Hall–Kier alpha value is -1.53. The molecule has 0 bridgehead atoms. The molecule has 0 unspecified atom stereocenters. The van der Waals surface area contributed by atoms with E-state index in [4.69, 9.17) is 23.2 Å². The minimum Gasteiger partial charge on any atom is -0.334 e. The topological polar surface area (TPSA) is 56.0 Å². The van der Waals surface area contributed by atoms with Crippen molar-refractivity contribution in [1.29, 1.82) is 0 Å². The number of hydrogen-bond acceptors (Lipinski definition) is 3. The molecular weight excluding hydrogens is 301 g/mol. The summed E-state index contributed by atoms with van der Waals surface area (Å²) in [7, 11) is 3.37. The number of amides is 1. The zero-order valence-corrected chi connectivity index (χ0v) is 13.0. The van der Waals surface area contributed by atoms with E-state index >= 15 is 0 Å². The van der Waals surface area contributed by atoms with Crippen LogP contribution in [0.1, 0.15) is 23.1 Å². The Balaban J connectivity index is 2.22. The Kier molecular flexibility index (Phi) is 4.35. The fraction of sp³-hybridized carbons (Fsp3) is 0.417.